The van der Waals surface area contributed by atoms with E-state index < -0.39 is 0 Å². The summed E-state index contributed by atoms with van der Waals surface area (Å²) in [6.45, 7) is 0.443. The molecule has 3 aromatic carbocycles. The Bertz CT molecular complexity index is 948. The van der Waals surface area contributed by atoms with E-state index in [0.717, 1.165) is 14.8 Å². The van der Waals surface area contributed by atoms with Gasteiger partial charge in [-0.3, -0.25) is 10.1 Å². The van der Waals surface area contributed by atoms with Crippen molar-refractivity contribution < 1.29 is 9.53 Å². The number of carbonyl (C=O) groups is 1. The van der Waals surface area contributed by atoms with Crippen LogP contribution in [0.2, 0.25) is 0 Å². The van der Waals surface area contributed by atoms with Crippen LogP contribution in [0.4, 0.5) is 5.69 Å². The fourth-order valence-corrected chi connectivity index (χ4v) is 3.08. The summed E-state index contributed by atoms with van der Waals surface area (Å²) in [5.74, 6) is 0.339. The number of rotatable bonds is 5. The highest BCUT2D eigenvalue weighted by molar-refractivity contribution is 14.1. The minimum Gasteiger partial charge on any atom is -0.489 e. The lowest BCUT2D eigenvalue weighted by atomic mass is 10.2. The smallest absolute Gasteiger partial charge is 0.257 e. The molecule has 2 N–H and O–H groups in total. The molecule has 0 aromatic heterocycles. The summed E-state index contributed by atoms with van der Waals surface area (Å²) >= 11 is 7.45. The van der Waals surface area contributed by atoms with Gasteiger partial charge in [-0.25, -0.2) is 0 Å². The van der Waals surface area contributed by atoms with Crippen molar-refractivity contribution in [3.63, 3.8) is 0 Å². The van der Waals surface area contributed by atoms with Gasteiger partial charge < -0.3 is 10.1 Å². The van der Waals surface area contributed by atoms with Crippen LogP contribution in [-0.4, -0.2) is 11.0 Å². The van der Waals surface area contributed by atoms with Crippen molar-refractivity contribution in [3.05, 3.63) is 93.6 Å². The fraction of sp³-hybridized carbons (Fsp3) is 0.0476. The second-order valence-corrected chi connectivity index (χ2v) is 7.26. The van der Waals surface area contributed by atoms with Crippen LogP contribution >= 0.6 is 34.8 Å². The van der Waals surface area contributed by atoms with E-state index in [0.29, 0.717) is 17.9 Å². The molecule has 0 aliphatic heterocycles. The number of hydrogen-bond acceptors (Lipinski definition) is 3. The largest absolute Gasteiger partial charge is 0.489 e. The third-order valence-electron chi connectivity index (χ3n) is 3.69. The molecule has 0 saturated heterocycles. The van der Waals surface area contributed by atoms with Crippen LogP contribution in [0.1, 0.15) is 15.9 Å². The van der Waals surface area contributed by atoms with Gasteiger partial charge in [0.25, 0.3) is 5.91 Å². The van der Waals surface area contributed by atoms with Crippen molar-refractivity contribution in [2.45, 2.75) is 6.61 Å². The van der Waals surface area contributed by atoms with Gasteiger partial charge in [0.05, 0.1) is 5.69 Å². The lowest BCUT2D eigenvalue weighted by Gasteiger charge is -2.12. The Morgan fingerprint density at radius 3 is 2.48 bits per heavy atom. The van der Waals surface area contributed by atoms with E-state index in [1.54, 1.807) is 18.2 Å². The molecule has 0 heterocycles. The summed E-state index contributed by atoms with van der Waals surface area (Å²) in [4.78, 5) is 12.5. The normalized spacial score (nSPS) is 10.1. The first-order valence-electron chi connectivity index (χ1n) is 8.25. The maximum absolute atomic E-state index is 12.5. The van der Waals surface area contributed by atoms with Gasteiger partial charge in [-0.05, 0) is 70.7 Å². The van der Waals surface area contributed by atoms with Crippen molar-refractivity contribution >= 4 is 51.5 Å². The van der Waals surface area contributed by atoms with Crippen molar-refractivity contribution in [2.75, 3.05) is 5.32 Å². The quantitative estimate of drug-likeness (QED) is 0.392. The molecular formula is C21H17IN2O2S. The van der Waals surface area contributed by atoms with Gasteiger partial charge in [0, 0.05) is 9.13 Å². The molecule has 3 rings (SSSR count). The van der Waals surface area contributed by atoms with Crippen LogP contribution in [-0.2, 0) is 6.61 Å². The summed E-state index contributed by atoms with van der Waals surface area (Å²) in [5.41, 5.74) is 2.39. The Labute approximate surface area is 177 Å². The number of ether oxygens (including phenoxy) is 1. The molecule has 0 radical (unpaired) electrons. The van der Waals surface area contributed by atoms with Gasteiger partial charge in [-0.2, -0.15) is 0 Å². The van der Waals surface area contributed by atoms with E-state index in [1.165, 1.54) is 0 Å². The minimum atomic E-state index is -0.288. The lowest BCUT2D eigenvalue weighted by molar-refractivity contribution is 0.0977. The van der Waals surface area contributed by atoms with Gasteiger partial charge in [0.1, 0.15) is 12.4 Å². The van der Waals surface area contributed by atoms with E-state index in [-0.39, 0.29) is 11.0 Å². The van der Waals surface area contributed by atoms with Crippen molar-refractivity contribution in [2.24, 2.45) is 0 Å². The maximum atomic E-state index is 12.5. The molecule has 136 valence electrons. The molecule has 4 nitrogen and oxygen atoms in total. The SMILES string of the molecule is O=C(NC(=S)Nc1ccccc1I)c1cccc(OCc2ccccc2)c1. The second-order valence-electron chi connectivity index (χ2n) is 5.69. The minimum absolute atomic E-state index is 0.250. The van der Waals surface area contributed by atoms with E-state index in [9.17, 15) is 4.79 Å². The Morgan fingerprint density at radius 1 is 0.963 bits per heavy atom. The Hall–Kier alpha value is -2.45. The Kier molecular flexibility index (Phi) is 6.78. The first-order valence-corrected chi connectivity index (χ1v) is 9.74. The number of para-hydroxylation sites is 1. The predicted molar refractivity (Wildman–Crippen MR) is 120 cm³/mol. The summed E-state index contributed by atoms with van der Waals surface area (Å²) in [7, 11) is 0. The number of benzene rings is 3. The van der Waals surface area contributed by atoms with E-state index in [2.05, 4.69) is 33.2 Å². The molecule has 0 saturated carbocycles. The number of amides is 1. The predicted octanol–water partition coefficient (Wildman–Crippen LogP) is 5.00. The highest BCUT2D eigenvalue weighted by Crippen LogP contribution is 2.17. The molecule has 27 heavy (non-hydrogen) atoms. The molecule has 0 unspecified atom stereocenters. The molecule has 0 aliphatic carbocycles. The Balaban J connectivity index is 1.59. The van der Waals surface area contributed by atoms with Gasteiger partial charge in [-0.15, -0.1) is 0 Å². The zero-order valence-electron chi connectivity index (χ0n) is 14.3. The first kappa shape index (κ1) is 19.3. The lowest BCUT2D eigenvalue weighted by Crippen LogP contribution is -2.34. The zero-order chi connectivity index (χ0) is 19.1. The summed E-state index contributed by atoms with van der Waals surface area (Å²) in [5, 5.41) is 5.98. The second kappa shape index (κ2) is 9.48. The van der Waals surface area contributed by atoms with Gasteiger partial charge in [0.2, 0.25) is 0 Å². The van der Waals surface area contributed by atoms with E-state index >= 15 is 0 Å². The molecule has 0 spiro atoms. The topological polar surface area (TPSA) is 50.4 Å². The highest BCUT2D eigenvalue weighted by atomic mass is 127. The monoisotopic (exact) mass is 488 g/mol. The van der Waals surface area contributed by atoms with Crippen LogP contribution in [0.15, 0.2) is 78.9 Å². The summed E-state index contributed by atoms with van der Waals surface area (Å²) < 4.78 is 6.79. The first-order chi connectivity index (χ1) is 13.1. The number of carbonyl (C=O) groups excluding carboxylic acids is 1. The number of anilines is 1. The molecule has 0 fully saturated rings. The molecule has 6 heteroatoms. The van der Waals surface area contributed by atoms with E-state index in [1.807, 2.05) is 60.7 Å². The van der Waals surface area contributed by atoms with Gasteiger partial charge in [0.15, 0.2) is 5.11 Å². The van der Waals surface area contributed by atoms with Crippen LogP contribution in [0.25, 0.3) is 0 Å². The third kappa shape index (κ3) is 5.77. The average molecular weight is 488 g/mol. The molecular weight excluding hydrogens is 471 g/mol. The molecule has 0 aliphatic rings. The number of hydrogen-bond donors (Lipinski definition) is 2. The number of halogens is 1. The molecule has 1 amide bonds. The fourth-order valence-electron chi connectivity index (χ4n) is 2.36. The van der Waals surface area contributed by atoms with Crippen molar-refractivity contribution in [3.8, 4) is 5.75 Å². The number of nitrogens with one attached hydrogen (secondary N) is 2. The van der Waals surface area contributed by atoms with Crippen molar-refractivity contribution in [1.29, 1.82) is 0 Å². The average Bonchev–Trinajstić information content (AvgIpc) is 2.69. The highest BCUT2D eigenvalue weighted by Gasteiger charge is 2.10. The standard InChI is InChI=1S/C21H17IN2O2S/c22-18-11-4-5-12-19(18)23-21(27)24-20(25)16-9-6-10-17(13-16)26-14-15-7-2-1-3-8-15/h1-13H,14H2,(H2,23,24,25,27). The third-order valence-corrected chi connectivity index (χ3v) is 4.84. The number of thiocarbonyl (C=S) groups is 1. The molecule has 0 atom stereocenters. The molecule has 0 bridgehead atoms. The van der Waals surface area contributed by atoms with Gasteiger partial charge >= 0.3 is 0 Å². The summed E-state index contributed by atoms with van der Waals surface area (Å²) in [6.07, 6.45) is 0. The van der Waals surface area contributed by atoms with Crippen molar-refractivity contribution in [1.82, 2.24) is 5.32 Å². The Morgan fingerprint density at radius 2 is 1.70 bits per heavy atom. The van der Waals surface area contributed by atoms with Gasteiger partial charge in [-0.1, -0.05) is 48.5 Å². The van der Waals surface area contributed by atoms with E-state index in [4.69, 9.17) is 17.0 Å². The van der Waals surface area contributed by atoms with Crippen LogP contribution in [0, 0.1) is 3.57 Å². The van der Waals surface area contributed by atoms with Crippen LogP contribution < -0.4 is 15.4 Å². The summed E-state index contributed by atoms with van der Waals surface area (Å²) in [6, 6.07) is 24.6. The molecule has 3 aromatic rings. The maximum Gasteiger partial charge on any atom is 0.257 e. The van der Waals surface area contributed by atoms with Crippen LogP contribution in [0.3, 0.4) is 0 Å². The van der Waals surface area contributed by atoms with Crippen LogP contribution in [0.5, 0.6) is 5.75 Å². The zero-order valence-corrected chi connectivity index (χ0v) is 17.3.